The molecule has 0 aliphatic rings. The van der Waals surface area contributed by atoms with Crippen LogP contribution in [0.2, 0.25) is 0 Å². The Bertz CT molecular complexity index is 267. The zero-order valence-electron chi connectivity index (χ0n) is 10.7. The predicted octanol–water partition coefficient (Wildman–Crippen LogP) is 4.51. The van der Waals surface area contributed by atoms with Gasteiger partial charge in [-0.25, -0.2) is 0 Å². The highest BCUT2D eigenvalue weighted by atomic mass is 32.1. The topological polar surface area (TPSA) is 12.0 Å². The van der Waals surface area contributed by atoms with Crippen LogP contribution in [0.25, 0.3) is 0 Å². The molecule has 0 aliphatic heterocycles. The number of hydrogen-bond acceptors (Lipinski definition) is 2. The van der Waals surface area contributed by atoms with E-state index in [1.54, 1.807) is 0 Å². The van der Waals surface area contributed by atoms with Gasteiger partial charge in [-0.2, -0.15) is 0 Å². The summed E-state index contributed by atoms with van der Waals surface area (Å²) in [4.78, 5) is 2.87. The second kappa shape index (κ2) is 8.77. The van der Waals surface area contributed by atoms with E-state index in [2.05, 4.69) is 31.3 Å². The number of unbranched alkanes of at least 4 members (excludes halogenated alkanes) is 5. The van der Waals surface area contributed by atoms with Crippen LogP contribution >= 0.6 is 11.3 Å². The van der Waals surface area contributed by atoms with Gasteiger partial charge in [0.1, 0.15) is 0 Å². The lowest BCUT2D eigenvalue weighted by molar-refractivity contribution is 0.573. The van der Waals surface area contributed by atoms with Crippen molar-refractivity contribution in [2.75, 3.05) is 6.54 Å². The first-order valence-corrected chi connectivity index (χ1v) is 7.40. The summed E-state index contributed by atoms with van der Waals surface area (Å²) in [6, 6.07) is 4.43. The minimum Gasteiger partial charge on any atom is -0.312 e. The Balaban J connectivity index is 1.88. The third-order valence-corrected chi connectivity index (χ3v) is 3.80. The van der Waals surface area contributed by atoms with Crippen molar-refractivity contribution in [1.29, 1.82) is 0 Å². The first kappa shape index (κ1) is 13.7. The lowest BCUT2D eigenvalue weighted by Gasteiger charge is -2.03. The maximum atomic E-state index is 3.52. The van der Waals surface area contributed by atoms with Crippen molar-refractivity contribution in [3.8, 4) is 0 Å². The summed E-state index contributed by atoms with van der Waals surface area (Å²) in [6.07, 6.45) is 8.29. The van der Waals surface area contributed by atoms with E-state index < -0.39 is 0 Å². The fraction of sp³-hybridized carbons (Fsp3) is 0.714. The Morgan fingerprint density at radius 3 is 2.50 bits per heavy atom. The number of aryl methyl sites for hydroxylation is 1. The van der Waals surface area contributed by atoms with Crippen molar-refractivity contribution in [3.05, 3.63) is 21.9 Å². The summed E-state index contributed by atoms with van der Waals surface area (Å²) in [5, 5.41) is 3.52. The molecule has 0 saturated heterocycles. The number of hydrogen-bond donors (Lipinski definition) is 1. The molecule has 92 valence electrons. The van der Waals surface area contributed by atoms with E-state index in [-0.39, 0.29) is 0 Å². The van der Waals surface area contributed by atoms with Gasteiger partial charge in [0.2, 0.25) is 0 Å². The molecule has 0 bridgehead atoms. The van der Waals surface area contributed by atoms with E-state index in [0.29, 0.717) is 0 Å². The van der Waals surface area contributed by atoms with Crippen LogP contribution in [0.3, 0.4) is 0 Å². The molecule has 1 aromatic heterocycles. The fourth-order valence-corrected chi connectivity index (χ4v) is 2.68. The number of rotatable bonds is 9. The van der Waals surface area contributed by atoms with Crippen molar-refractivity contribution < 1.29 is 0 Å². The van der Waals surface area contributed by atoms with Crippen molar-refractivity contribution in [2.24, 2.45) is 0 Å². The van der Waals surface area contributed by atoms with Crippen LogP contribution in [0, 0.1) is 6.92 Å². The smallest absolute Gasteiger partial charge is 0.0299 e. The summed E-state index contributed by atoms with van der Waals surface area (Å²) in [7, 11) is 0. The summed E-state index contributed by atoms with van der Waals surface area (Å²) in [5.41, 5.74) is 0. The minimum atomic E-state index is 1.05. The van der Waals surface area contributed by atoms with Crippen molar-refractivity contribution in [3.63, 3.8) is 0 Å². The van der Waals surface area contributed by atoms with Gasteiger partial charge in [0.25, 0.3) is 0 Å². The molecule has 2 heteroatoms. The Morgan fingerprint density at radius 1 is 1.06 bits per heavy atom. The lowest BCUT2D eigenvalue weighted by atomic mass is 10.1. The van der Waals surface area contributed by atoms with Crippen LogP contribution in [-0.2, 0) is 6.54 Å². The second-order valence-electron chi connectivity index (χ2n) is 4.46. The SMILES string of the molecule is CCCCCCCCNCc1ccc(C)s1. The summed E-state index contributed by atoms with van der Waals surface area (Å²) < 4.78 is 0. The highest BCUT2D eigenvalue weighted by Gasteiger charge is 1.95. The van der Waals surface area contributed by atoms with Crippen molar-refractivity contribution in [1.82, 2.24) is 5.32 Å². The van der Waals surface area contributed by atoms with Gasteiger partial charge in [0, 0.05) is 16.3 Å². The molecule has 0 saturated carbocycles. The van der Waals surface area contributed by atoms with E-state index in [4.69, 9.17) is 0 Å². The van der Waals surface area contributed by atoms with Gasteiger partial charge in [-0.1, -0.05) is 39.0 Å². The van der Waals surface area contributed by atoms with Crippen molar-refractivity contribution >= 4 is 11.3 Å². The van der Waals surface area contributed by atoms with Gasteiger partial charge in [0.05, 0.1) is 0 Å². The summed E-state index contributed by atoms with van der Waals surface area (Å²) in [5.74, 6) is 0. The molecular weight excluding hydrogens is 214 g/mol. The van der Waals surface area contributed by atoms with Crippen LogP contribution in [0.5, 0.6) is 0 Å². The molecule has 1 heterocycles. The highest BCUT2D eigenvalue weighted by Crippen LogP contribution is 2.14. The lowest BCUT2D eigenvalue weighted by Crippen LogP contribution is -2.13. The van der Waals surface area contributed by atoms with E-state index in [1.807, 2.05) is 11.3 Å². The Morgan fingerprint density at radius 2 is 1.81 bits per heavy atom. The second-order valence-corrected chi connectivity index (χ2v) is 5.83. The Labute approximate surface area is 104 Å². The molecule has 1 aromatic rings. The van der Waals surface area contributed by atoms with E-state index in [0.717, 1.165) is 6.54 Å². The zero-order valence-corrected chi connectivity index (χ0v) is 11.5. The largest absolute Gasteiger partial charge is 0.312 e. The first-order valence-electron chi connectivity index (χ1n) is 6.59. The van der Waals surface area contributed by atoms with Crippen LogP contribution in [-0.4, -0.2) is 6.54 Å². The average Bonchev–Trinajstić information content (AvgIpc) is 2.68. The van der Waals surface area contributed by atoms with Crippen LogP contribution in [0.4, 0.5) is 0 Å². The van der Waals surface area contributed by atoms with Crippen molar-refractivity contribution in [2.45, 2.75) is 58.9 Å². The fourth-order valence-electron chi connectivity index (χ4n) is 1.82. The van der Waals surface area contributed by atoms with E-state index >= 15 is 0 Å². The van der Waals surface area contributed by atoms with Gasteiger partial charge in [-0.05, 0) is 32.0 Å². The molecule has 16 heavy (non-hydrogen) atoms. The highest BCUT2D eigenvalue weighted by molar-refractivity contribution is 7.11. The molecule has 1 nitrogen and oxygen atoms in total. The molecule has 0 radical (unpaired) electrons. The maximum absolute atomic E-state index is 3.52. The van der Waals surface area contributed by atoms with Gasteiger partial charge in [-0.15, -0.1) is 11.3 Å². The van der Waals surface area contributed by atoms with Gasteiger partial charge >= 0.3 is 0 Å². The molecule has 0 spiro atoms. The first-order chi connectivity index (χ1) is 7.83. The van der Waals surface area contributed by atoms with Gasteiger partial charge in [-0.3, -0.25) is 0 Å². The van der Waals surface area contributed by atoms with Crippen LogP contribution in [0.15, 0.2) is 12.1 Å². The third-order valence-electron chi connectivity index (χ3n) is 2.80. The molecule has 1 rings (SSSR count). The molecule has 1 N–H and O–H groups in total. The third kappa shape index (κ3) is 6.29. The maximum Gasteiger partial charge on any atom is 0.0299 e. The van der Waals surface area contributed by atoms with Crippen LogP contribution in [0.1, 0.15) is 55.2 Å². The normalized spacial score (nSPS) is 10.9. The van der Waals surface area contributed by atoms with Crippen LogP contribution < -0.4 is 5.32 Å². The van der Waals surface area contributed by atoms with E-state index in [1.165, 1.54) is 54.8 Å². The number of thiophene rings is 1. The molecule has 0 fully saturated rings. The molecule has 0 aromatic carbocycles. The molecular formula is C14H25NS. The molecule has 0 amide bonds. The zero-order chi connectivity index (χ0) is 11.6. The summed E-state index contributed by atoms with van der Waals surface area (Å²) in [6.45, 7) is 6.66. The minimum absolute atomic E-state index is 1.05. The standard InChI is InChI=1S/C14H25NS/c1-3-4-5-6-7-8-11-15-12-14-10-9-13(2)16-14/h9-10,15H,3-8,11-12H2,1-2H3. The predicted molar refractivity (Wildman–Crippen MR) is 74.1 cm³/mol. The van der Waals surface area contributed by atoms with E-state index in [9.17, 15) is 0 Å². The molecule has 0 unspecified atom stereocenters. The quantitative estimate of drug-likeness (QED) is 0.625. The monoisotopic (exact) mass is 239 g/mol. The number of nitrogens with one attached hydrogen (secondary N) is 1. The van der Waals surface area contributed by atoms with Gasteiger partial charge in [0.15, 0.2) is 0 Å². The average molecular weight is 239 g/mol. The summed E-state index contributed by atoms with van der Waals surface area (Å²) >= 11 is 1.90. The Hall–Kier alpha value is -0.340. The van der Waals surface area contributed by atoms with Gasteiger partial charge < -0.3 is 5.32 Å². The molecule has 0 atom stereocenters. The molecule has 0 aliphatic carbocycles. The Kier molecular flexibility index (Phi) is 7.52.